The zero-order valence-corrected chi connectivity index (χ0v) is 15.6. The number of nitrogens with zero attached hydrogens (tertiary/aromatic N) is 3. The van der Waals surface area contributed by atoms with E-state index in [0.717, 1.165) is 19.6 Å². The van der Waals surface area contributed by atoms with Gasteiger partial charge in [0.2, 0.25) is 0 Å². The first-order valence-corrected chi connectivity index (χ1v) is 8.85. The molecule has 1 aromatic heterocycles. The molecule has 0 N–H and O–H groups in total. The average molecular weight is 392 g/mol. The number of halogens is 1. The van der Waals surface area contributed by atoms with Crippen LogP contribution in [-0.2, 0) is 6.54 Å². The van der Waals surface area contributed by atoms with E-state index >= 15 is 0 Å². The molecule has 2 heterocycles. The highest BCUT2D eigenvalue weighted by molar-refractivity contribution is 9.10. The van der Waals surface area contributed by atoms with Gasteiger partial charge in [0, 0.05) is 38.4 Å². The zero-order valence-electron chi connectivity index (χ0n) is 14.0. The molecule has 1 aromatic carbocycles. The van der Waals surface area contributed by atoms with E-state index in [2.05, 4.69) is 64.1 Å². The van der Waals surface area contributed by atoms with E-state index in [9.17, 15) is 4.79 Å². The molecule has 1 fully saturated rings. The van der Waals surface area contributed by atoms with Gasteiger partial charge >= 0.3 is 0 Å². The van der Waals surface area contributed by atoms with Crippen molar-refractivity contribution in [3.05, 3.63) is 52.4 Å². The van der Waals surface area contributed by atoms with E-state index in [1.54, 1.807) is 12.1 Å². The van der Waals surface area contributed by atoms with Crippen LogP contribution in [0.5, 0.6) is 0 Å². The van der Waals surface area contributed by atoms with Crippen LogP contribution in [0.15, 0.2) is 45.5 Å². The molecule has 1 amide bonds. The maximum atomic E-state index is 12.4. The Morgan fingerprint density at radius 3 is 2.54 bits per heavy atom. The number of rotatable bonds is 4. The molecule has 0 bridgehead atoms. The van der Waals surface area contributed by atoms with Crippen molar-refractivity contribution >= 4 is 27.5 Å². The van der Waals surface area contributed by atoms with Crippen LogP contribution in [0.25, 0.3) is 0 Å². The van der Waals surface area contributed by atoms with Crippen LogP contribution in [0.3, 0.4) is 0 Å². The van der Waals surface area contributed by atoms with Crippen LogP contribution in [0.2, 0.25) is 0 Å². The van der Waals surface area contributed by atoms with Crippen molar-refractivity contribution in [2.24, 2.45) is 0 Å². The normalized spacial score (nSPS) is 15.2. The van der Waals surface area contributed by atoms with Gasteiger partial charge in [0.1, 0.15) is 0 Å². The van der Waals surface area contributed by atoms with E-state index in [4.69, 9.17) is 4.42 Å². The van der Waals surface area contributed by atoms with E-state index in [1.807, 2.05) is 4.90 Å². The largest absolute Gasteiger partial charge is 0.444 e. The Balaban J connectivity index is 1.61. The maximum absolute atomic E-state index is 12.4. The van der Waals surface area contributed by atoms with Crippen molar-refractivity contribution in [3.63, 3.8) is 0 Å². The highest BCUT2D eigenvalue weighted by Crippen LogP contribution is 2.21. The third-order valence-electron chi connectivity index (χ3n) is 4.13. The zero-order chi connectivity index (χ0) is 17.1. The first kappa shape index (κ1) is 17.0. The Kier molecular flexibility index (Phi) is 5.26. The summed E-state index contributed by atoms with van der Waals surface area (Å²) in [5, 5.41) is 0. The molecule has 0 aliphatic carbocycles. The summed E-state index contributed by atoms with van der Waals surface area (Å²) >= 11 is 3.24. The van der Waals surface area contributed by atoms with Gasteiger partial charge in [-0.3, -0.25) is 4.79 Å². The van der Waals surface area contributed by atoms with Crippen LogP contribution in [0, 0.1) is 0 Å². The minimum absolute atomic E-state index is 0.0401. The SMILES string of the molecule is CN(C)Cc1cccc(N2CCN(C(=O)c3ccc(Br)o3)CC2)c1. The summed E-state index contributed by atoms with van der Waals surface area (Å²) in [6.45, 7) is 4.00. The van der Waals surface area contributed by atoms with Crippen molar-refractivity contribution in [3.8, 4) is 0 Å². The number of anilines is 1. The van der Waals surface area contributed by atoms with Gasteiger partial charge < -0.3 is 19.1 Å². The van der Waals surface area contributed by atoms with Gasteiger partial charge in [-0.25, -0.2) is 0 Å². The first-order valence-electron chi connectivity index (χ1n) is 8.06. The quantitative estimate of drug-likeness (QED) is 0.802. The van der Waals surface area contributed by atoms with Crippen molar-refractivity contribution in [1.82, 2.24) is 9.80 Å². The molecule has 5 nitrogen and oxygen atoms in total. The predicted molar refractivity (Wildman–Crippen MR) is 98.4 cm³/mol. The highest BCUT2D eigenvalue weighted by Gasteiger charge is 2.24. The number of carbonyl (C=O) groups excluding carboxylic acids is 1. The highest BCUT2D eigenvalue weighted by atomic mass is 79.9. The number of carbonyl (C=O) groups is 1. The maximum Gasteiger partial charge on any atom is 0.289 e. The van der Waals surface area contributed by atoms with E-state index in [1.165, 1.54) is 11.3 Å². The monoisotopic (exact) mass is 391 g/mol. The lowest BCUT2D eigenvalue weighted by Crippen LogP contribution is -2.48. The van der Waals surface area contributed by atoms with Crippen molar-refractivity contribution in [2.75, 3.05) is 45.2 Å². The fourth-order valence-electron chi connectivity index (χ4n) is 2.97. The van der Waals surface area contributed by atoms with Crippen molar-refractivity contribution in [1.29, 1.82) is 0 Å². The van der Waals surface area contributed by atoms with Gasteiger partial charge in [-0.1, -0.05) is 12.1 Å². The summed E-state index contributed by atoms with van der Waals surface area (Å²) in [6, 6.07) is 12.1. The number of piperazine rings is 1. The van der Waals surface area contributed by atoms with Crippen molar-refractivity contribution < 1.29 is 9.21 Å². The van der Waals surface area contributed by atoms with Gasteiger partial charge in [0.05, 0.1) is 0 Å². The molecule has 0 unspecified atom stereocenters. The van der Waals surface area contributed by atoms with Gasteiger partial charge in [-0.2, -0.15) is 0 Å². The molecule has 0 atom stereocenters. The second-order valence-electron chi connectivity index (χ2n) is 6.29. The smallest absolute Gasteiger partial charge is 0.289 e. The summed E-state index contributed by atoms with van der Waals surface area (Å²) in [5.41, 5.74) is 2.53. The lowest BCUT2D eigenvalue weighted by Gasteiger charge is -2.36. The molecule has 24 heavy (non-hydrogen) atoms. The standard InChI is InChI=1S/C18H22BrN3O2/c1-20(2)13-14-4-3-5-15(12-14)21-8-10-22(11-9-21)18(23)16-6-7-17(19)24-16/h3-7,12H,8-11,13H2,1-2H3. The third-order valence-corrected chi connectivity index (χ3v) is 4.55. The summed E-state index contributed by atoms with van der Waals surface area (Å²) in [4.78, 5) is 18.8. The summed E-state index contributed by atoms with van der Waals surface area (Å²) in [5.74, 6) is 0.352. The number of hydrogen-bond acceptors (Lipinski definition) is 4. The Morgan fingerprint density at radius 2 is 1.92 bits per heavy atom. The molecule has 1 aliphatic heterocycles. The lowest BCUT2D eigenvalue weighted by atomic mass is 10.1. The molecule has 2 aromatic rings. The van der Waals surface area contributed by atoms with Crippen LogP contribution >= 0.6 is 15.9 Å². The van der Waals surface area contributed by atoms with E-state index < -0.39 is 0 Å². The summed E-state index contributed by atoms with van der Waals surface area (Å²) in [6.07, 6.45) is 0. The van der Waals surface area contributed by atoms with Crippen LogP contribution in [-0.4, -0.2) is 56.0 Å². The Morgan fingerprint density at radius 1 is 1.17 bits per heavy atom. The van der Waals surface area contributed by atoms with Gasteiger partial charge in [0.25, 0.3) is 5.91 Å². The Labute approximate surface area is 151 Å². The molecule has 3 rings (SSSR count). The second kappa shape index (κ2) is 7.40. The number of amides is 1. The Hall–Kier alpha value is -1.79. The summed E-state index contributed by atoms with van der Waals surface area (Å²) in [7, 11) is 4.15. The molecule has 1 saturated heterocycles. The molecule has 0 saturated carbocycles. The fourth-order valence-corrected chi connectivity index (χ4v) is 3.28. The van der Waals surface area contributed by atoms with E-state index in [0.29, 0.717) is 23.5 Å². The molecule has 0 spiro atoms. The van der Waals surface area contributed by atoms with Crippen molar-refractivity contribution in [2.45, 2.75) is 6.54 Å². The van der Waals surface area contributed by atoms with Crippen LogP contribution < -0.4 is 4.90 Å². The van der Waals surface area contributed by atoms with Gasteiger partial charge in [-0.15, -0.1) is 0 Å². The Bertz CT molecular complexity index is 706. The minimum Gasteiger partial charge on any atom is -0.444 e. The molecule has 0 radical (unpaired) electrons. The van der Waals surface area contributed by atoms with E-state index in [-0.39, 0.29) is 5.91 Å². The molecule has 6 heteroatoms. The summed E-state index contributed by atoms with van der Waals surface area (Å²) < 4.78 is 5.96. The third kappa shape index (κ3) is 3.99. The van der Waals surface area contributed by atoms with Gasteiger partial charge in [-0.05, 0) is 59.9 Å². The van der Waals surface area contributed by atoms with Crippen LogP contribution in [0.4, 0.5) is 5.69 Å². The molecule has 128 valence electrons. The molecule has 1 aliphatic rings. The fraction of sp³-hybridized carbons (Fsp3) is 0.389. The minimum atomic E-state index is -0.0401. The number of furan rings is 1. The predicted octanol–water partition coefficient (Wildman–Crippen LogP) is 3.07. The lowest BCUT2D eigenvalue weighted by molar-refractivity contribution is 0.0713. The average Bonchev–Trinajstić information content (AvgIpc) is 3.00. The topological polar surface area (TPSA) is 39.9 Å². The second-order valence-corrected chi connectivity index (χ2v) is 7.07. The first-order chi connectivity index (χ1) is 11.5. The molecular formula is C18H22BrN3O2. The number of hydrogen-bond donors (Lipinski definition) is 0. The van der Waals surface area contributed by atoms with Gasteiger partial charge in [0.15, 0.2) is 10.4 Å². The number of benzene rings is 1. The molecular weight excluding hydrogens is 370 g/mol. The van der Waals surface area contributed by atoms with Crippen LogP contribution in [0.1, 0.15) is 16.1 Å².